The molecule has 4 N–H and O–H groups in total. The standard InChI is InChI=1S/C59H78F3N7O15/c1-41-6-7-43(56(72)66-47-34-46(59(60,61)62)35-48(36-47)69-39-42(2)65-40-69)33-53(41)68-58-64-9-8-52(67-58)45-30-49(38-63-37-45)83-29-28-82-27-26-81-25-24-80-23-22-79-21-20-78-19-18-77-17-16-76-15-14-75-13-12-74-10-4-3-5-11-84-57(73)51-32-44-31-50(51)55(71)54(44)70/h6-9,30,33-40,44,50-51,54-55,70-71H,3-5,10-29,31-32H2,1-2H3,(H,66,72)(H,64,67,68). The molecule has 0 radical (unpaired) electrons. The minimum Gasteiger partial charge on any atom is -0.490 e. The van der Waals surface area contributed by atoms with Gasteiger partial charge in [0.15, 0.2) is 0 Å². The highest BCUT2D eigenvalue weighted by Gasteiger charge is 2.54. The molecule has 0 saturated heterocycles. The molecule has 3 aromatic heterocycles. The minimum atomic E-state index is -4.64. The Hall–Kier alpha value is -6.23. The summed E-state index contributed by atoms with van der Waals surface area (Å²) < 4.78 is 104. The molecule has 0 spiro atoms. The van der Waals surface area contributed by atoms with E-state index in [4.69, 9.17) is 52.1 Å². The molecule has 2 fully saturated rings. The Bertz CT molecular complexity index is 2760. The third-order valence-corrected chi connectivity index (χ3v) is 13.8. The number of esters is 1. The number of fused-ring (bicyclic) bond motifs is 2. The van der Waals surface area contributed by atoms with Crippen LogP contribution in [-0.4, -0.2) is 191 Å². The Balaban J connectivity index is 0.621. The van der Waals surface area contributed by atoms with Crippen molar-refractivity contribution in [2.45, 2.75) is 64.3 Å². The van der Waals surface area contributed by atoms with Gasteiger partial charge in [-0.15, -0.1) is 0 Å². The molecule has 5 aromatic rings. The fourth-order valence-corrected chi connectivity index (χ4v) is 9.41. The second-order valence-corrected chi connectivity index (χ2v) is 20.0. The van der Waals surface area contributed by atoms with E-state index in [0.717, 1.165) is 37.0 Å². The van der Waals surface area contributed by atoms with E-state index < -0.39 is 29.9 Å². The van der Waals surface area contributed by atoms with Crippen molar-refractivity contribution < 1.29 is 85.1 Å². The number of hydrogen-bond donors (Lipinski definition) is 4. The van der Waals surface area contributed by atoms with E-state index >= 15 is 0 Å². The van der Waals surface area contributed by atoms with E-state index in [1.807, 2.05) is 6.92 Å². The number of ether oxygens (including phenoxy) is 11. The summed E-state index contributed by atoms with van der Waals surface area (Å²) in [6.07, 6.45) is 5.45. The molecule has 5 atom stereocenters. The molecule has 2 bridgehead atoms. The van der Waals surface area contributed by atoms with Crippen LogP contribution in [0.25, 0.3) is 16.9 Å². The highest BCUT2D eigenvalue weighted by Crippen LogP contribution is 2.49. The van der Waals surface area contributed by atoms with Crippen molar-refractivity contribution in [2.75, 3.05) is 143 Å². The smallest absolute Gasteiger partial charge is 0.416 e. The lowest BCUT2D eigenvalue weighted by atomic mass is 9.85. The summed E-state index contributed by atoms with van der Waals surface area (Å²) in [5.41, 5.74) is 2.57. The molecule has 22 nitrogen and oxygen atoms in total. The summed E-state index contributed by atoms with van der Waals surface area (Å²) in [5, 5.41) is 25.7. The van der Waals surface area contributed by atoms with Crippen molar-refractivity contribution in [3.8, 4) is 22.7 Å². The average Bonchev–Trinajstić information content (AvgIpc) is 3.92. The number of aliphatic hydroxyl groups excluding tert-OH is 2. The number of pyridine rings is 1. The number of halogens is 3. The van der Waals surface area contributed by atoms with Crippen LogP contribution in [0.3, 0.4) is 0 Å². The number of benzene rings is 2. The molecule has 2 aliphatic carbocycles. The number of unbranched alkanes of at least 4 members (excludes halogenated alkanes) is 2. The second kappa shape index (κ2) is 35.3. The normalized spacial score (nSPS) is 17.4. The predicted octanol–water partition coefficient (Wildman–Crippen LogP) is 6.98. The van der Waals surface area contributed by atoms with Gasteiger partial charge in [-0.3, -0.25) is 14.6 Å². The monoisotopic (exact) mass is 1180 g/mol. The number of aromatic nitrogens is 5. The topological polar surface area (TPSA) is 257 Å². The van der Waals surface area contributed by atoms with Crippen molar-refractivity contribution in [1.29, 1.82) is 0 Å². The summed E-state index contributed by atoms with van der Waals surface area (Å²) in [4.78, 5) is 43.2. The van der Waals surface area contributed by atoms with E-state index in [1.165, 1.54) is 17.0 Å². The third kappa shape index (κ3) is 22.0. The number of alkyl halides is 3. The molecule has 2 aromatic carbocycles. The van der Waals surface area contributed by atoms with Gasteiger partial charge in [-0.1, -0.05) is 6.07 Å². The lowest BCUT2D eigenvalue weighted by Crippen LogP contribution is -2.39. The Morgan fingerprint density at radius 3 is 1.82 bits per heavy atom. The van der Waals surface area contributed by atoms with E-state index in [1.54, 1.807) is 62.0 Å². The molecule has 3 heterocycles. The highest BCUT2D eigenvalue weighted by molar-refractivity contribution is 6.05. The summed E-state index contributed by atoms with van der Waals surface area (Å²) in [7, 11) is 0. The van der Waals surface area contributed by atoms with Gasteiger partial charge in [-0.05, 0) is 99.9 Å². The van der Waals surface area contributed by atoms with Crippen LogP contribution in [0.2, 0.25) is 0 Å². The zero-order valence-corrected chi connectivity index (χ0v) is 47.6. The molecule has 0 aliphatic heterocycles. The van der Waals surface area contributed by atoms with Crippen molar-refractivity contribution in [3.63, 3.8) is 0 Å². The summed E-state index contributed by atoms with van der Waals surface area (Å²) in [5.74, 6) is -0.577. The van der Waals surface area contributed by atoms with Gasteiger partial charge in [0.05, 0.1) is 167 Å². The van der Waals surface area contributed by atoms with Crippen LogP contribution in [0.5, 0.6) is 5.75 Å². The van der Waals surface area contributed by atoms with Crippen LogP contribution >= 0.6 is 0 Å². The molecule has 5 unspecified atom stereocenters. The van der Waals surface area contributed by atoms with Crippen molar-refractivity contribution in [1.82, 2.24) is 24.5 Å². The van der Waals surface area contributed by atoms with Gasteiger partial charge in [0.2, 0.25) is 5.95 Å². The molecular weight excluding hydrogens is 1100 g/mol. The predicted molar refractivity (Wildman–Crippen MR) is 300 cm³/mol. The number of carbonyl (C=O) groups is 2. The molecule has 1 amide bonds. The quantitative estimate of drug-likeness (QED) is 0.0227. The number of rotatable bonds is 41. The van der Waals surface area contributed by atoms with E-state index in [0.29, 0.717) is 167 Å². The van der Waals surface area contributed by atoms with Crippen LogP contribution in [0.4, 0.5) is 30.5 Å². The number of anilines is 3. The largest absolute Gasteiger partial charge is 0.490 e. The van der Waals surface area contributed by atoms with Crippen LogP contribution in [0, 0.1) is 31.6 Å². The first kappa shape index (κ1) is 65.3. The number of aryl methyl sites for hydroxylation is 2. The van der Waals surface area contributed by atoms with Crippen molar-refractivity contribution in [2.24, 2.45) is 17.8 Å². The molecule has 460 valence electrons. The molecular formula is C59H78F3N7O15. The number of nitrogens with one attached hydrogen (secondary N) is 2. The number of amides is 1. The van der Waals surface area contributed by atoms with Crippen LogP contribution < -0.4 is 15.4 Å². The minimum absolute atomic E-state index is 0.00736. The maximum Gasteiger partial charge on any atom is 0.416 e. The maximum atomic E-state index is 13.8. The zero-order valence-electron chi connectivity index (χ0n) is 47.6. The van der Waals surface area contributed by atoms with Gasteiger partial charge in [0.25, 0.3) is 5.91 Å². The lowest BCUT2D eigenvalue weighted by Gasteiger charge is -2.28. The molecule has 2 saturated carbocycles. The maximum absolute atomic E-state index is 13.8. The SMILES string of the molecule is Cc1cn(-c2cc(NC(=O)c3ccc(C)c(Nc4nccc(-c5cncc(OCCOCCOCCOCCOCCOCCOCCOCCOCCOCCCCCOC(=O)C6CC7CC6C(O)C7O)c5)n4)c3)cc(C(F)(F)F)c2)cn1. The molecule has 2 aliphatic rings. The second-order valence-electron chi connectivity index (χ2n) is 20.0. The van der Waals surface area contributed by atoms with Gasteiger partial charge in [-0.25, -0.2) is 15.0 Å². The lowest BCUT2D eigenvalue weighted by molar-refractivity contribution is -0.154. The Morgan fingerprint density at radius 2 is 1.25 bits per heavy atom. The van der Waals surface area contributed by atoms with Crippen molar-refractivity contribution in [3.05, 3.63) is 102 Å². The first-order valence-electron chi connectivity index (χ1n) is 28.4. The fourth-order valence-electron chi connectivity index (χ4n) is 9.41. The van der Waals surface area contributed by atoms with E-state index in [2.05, 4.69) is 30.6 Å². The van der Waals surface area contributed by atoms with Gasteiger partial charge in [0.1, 0.15) is 12.4 Å². The molecule has 7 rings (SSSR count). The zero-order chi connectivity index (χ0) is 59.4. The molecule has 25 heteroatoms. The number of nitrogens with zero attached hydrogens (tertiary/aromatic N) is 5. The molecule has 84 heavy (non-hydrogen) atoms. The van der Waals surface area contributed by atoms with Crippen LogP contribution in [0.15, 0.2) is 79.6 Å². The van der Waals surface area contributed by atoms with Crippen molar-refractivity contribution >= 4 is 29.2 Å². The first-order valence-corrected chi connectivity index (χ1v) is 28.4. The number of carbonyl (C=O) groups excluding carboxylic acids is 2. The van der Waals surface area contributed by atoms with Gasteiger partial charge >= 0.3 is 12.1 Å². The summed E-state index contributed by atoms with van der Waals surface area (Å²) >= 11 is 0. The number of hydrogen-bond acceptors (Lipinski definition) is 20. The van der Waals surface area contributed by atoms with Gasteiger partial charge in [-0.2, -0.15) is 13.2 Å². The number of aliphatic hydroxyl groups is 2. The van der Waals surface area contributed by atoms with Crippen LogP contribution in [-0.2, 0) is 58.3 Å². The fraction of sp³-hybridized carbons (Fsp3) is 0.559. The average molecular weight is 1180 g/mol. The first-order chi connectivity index (χ1) is 40.8. The number of imidazole rings is 1. The summed E-state index contributed by atoms with van der Waals surface area (Å²) in [6, 6.07) is 11.7. The Morgan fingerprint density at radius 1 is 0.655 bits per heavy atom. The van der Waals surface area contributed by atoms with E-state index in [9.17, 15) is 33.0 Å². The summed E-state index contributed by atoms with van der Waals surface area (Å²) in [6.45, 7) is 12.2. The van der Waals surface area contributed by atoms with Gasteiger partial charge < -0.3 is 77.5 Å². The highest BCUT2D eigenvalue weighted by atomic mass is 19.4. The Kier molecular flexibility index (Phi) is 27.4. The Labute approximate surface area is 486 Å². The third-order valence-electron chi connectivity index (χ3n) is 13.8. The van der Waals surface area contributed by atoms with E-state index in [-0.39, 0.29) is 53.2 Å². The van der Waals surface area contributed by atoms with Gasteiger partial charge in [0, 0.05) is 59.3 Å². The van der Waals surface area contributed by atoms with Crippen LogP contribution in [0.1, 0.15) is 59.3 Å².